The predicted octanol–water partition coefficient (Wildman–Crippen LogP) is 3.66. The van der Waals surface area contributed by atoms with E-state index in [-0.39, 0.29) is 6.03 Å². The number of urea groups is 1. The molecular formula is C19H23N5O. The summed E-state index contributed by atoms with van der Waals surface area (Å²) in [5.41, 5.74) is 5.85. The first-order chi connectivity index (χ1) is 11.9. The van der Waals surface area contributed by atoms with E-state index in [4.69, 9.17) is 0 Å². The Morgan fingerprint density at radius 1 is 1.16 bits per heavy atom. The molecule has 25 heavy (non-hydrogen) atoms. The number of fused-ring (bicyclic) bond motifs is 1. The van der Waals surface area contributed by atoms with Gasteiger partial charge in [-0.3, -0.25) is 0 Å². The van der Waals surface area contributed by atoms with Crippen LogP contribution in [-0.2, 0) is 6.54 Å². The second-order valence-corrected chi connectivity index (χ2v) is 6.41. The van der Waals surface area contributed by atoms with E-state index in [1.165, 1.54) is 10.5 Å². The van der Waals surface area contributed by atoms with Gasteiger partial charge in [-0.05, 0) is 43.2 Å². The number of hydrogen-bond donors (Lipinski definition) is 2. The van der Waals surface area contributed by atoms with Crippen molar-refractivity contribution < 1.29 is 4.79 Å². The third kappa shape index (κ3) is 3.91. The zero-order chi connectivity index (χ0) is 18.0. The molecule has 0 bridgehead atoms. The van der Waals surface area contributed by atoms with Crippen LogP contribution in [-0.4, -0.2) is 34.4 Å². The number of nitrogens with zero attached hydrogens (tertiary/aromatic N) is 3. The summed E-state index contributed by atoms with van der Waals surface area (Å²) in [6.07, 6.45) is 4.09. The Bertz CT molecular complexity index is 913. The zero-order valence-corrected chi connectivity index (χ0v) is 15.0. The minimum Gasteiger partial charge on any atom is -0.379 e. The van der Waals surface area contributed by atoms with E-state index < -0.39 is 0 Å². The van der Waals surface area contributed by atoms with Crippen molar-refractivity contribution in [2.75, 3.05) is 24.7 Å². The Hall–Kier alpha value is -3.02. The Labute approximate surface area is 147 Å². The Morgan fingerprint density at radius 2 is 1.96 bits per heavy atom. The van der Waals surface area contributed by atoms with E-state index in [2.05, 4.69) is 34.8 Å². The van der Waals surface area contributed by atoms with Crippen molar-refractivity contribution in [1.29, 1.82) is 0 Å². The summed E-state index contributed by atoms with van der Waals surface area (Å²) >= 11 is 0. The summed E-state index contributed by atoms with van der Waals surface area (Å²) in [5, 5.41) is 6.27. The molecular weight excluding hydrogens is 314 g/mol. The zero-order valence-electron chi connectivity index (χ0n) is 15.0. The van der Waals surface area contributed by atoms with Crippen LogP contribution in [0.3, 0.4) is 0 Å². The molecule has 2 heterocycles. The molecule has 0 aliphatic carbocycles. The van der Waals surface area contributed by atoms with Crippen LogP contribution in [0.15, 0.2) is 42.7 Å². The van der Waals surface area contributed by atoms with Gasteiger partial charge in [0.1, 0.15) is 5.65 Å². The topological polar surface area (TPSA) is 61.7 Å². The summed E-state index contributed by atoms with van der Waals surface area (Å²) in [5.74, 6) is 0. The third-order valence-corrected chi connectivity index (χ3v) is 4.01. The van der Waals surface area contributed by atoms with Crippen molar-refractivity contribution in [1.82, 2.24) is 14.3 Å². The molecule has 1 aromatic carbocycles. The van der Waals surface area contributed by atoms with Crippen LogP contribution in [0.1, 0.15) is 16.8 Å². The van der Waals surface area contributed by atoms with Gasteiger partial charge in [-0.15, -0.1) is 0 Å². The lowest BCUT2D eigenvalue weighted by Crippen LogP contribution is -2.27. The molecule has 0 unspecified atom stereocenters. The van der Waals surface area contributed by atoms with Gasteiger partial charge in [-0.25, -0.2) is 9.78 Å². The van der Waals surface area contributed by atoms with E-state index in [0.717, 1.165) is 28.3 Å². The van der Waals surface area contributed by atoms with Crippen LogP contribution in [0.25, 0.3) is 5.65 Å². The normalized spacial score (nSPS) is 10.7. The van der Waals surface area contributed by atoms with Crippen molar-refractivity contribution in [3.63, 3.8) is 0 Å². The lowest BCUT2D eigenvalue weighted by molar-refractivity contribution is 0.230. The summed E-state index contributed by atoms with van der Waals surface area (Å²) < 4.78 is 2.03. The molecule has 0 atom stereocenters. The number of aryl methyl sites for hydroxylation is 2. The largest absolute Gasteiger partial charge is 0.379 e. The van der Waals surface area contributed by atoms with Crippen molar-refractivity contribution in [2.45, 2.75) is 20.4 Å². The molecule has 2 aromatic heterocycles. The fraction of sp³-hybridized carbons (Fsp3) is 0.263. The fourth-order valence-corrected chi connectivity index (χ4v) is 2.53. The molecule has 6 heteroatoms. The number of rotatable bonds is 4. The van der Waals surface area contributed by atoms with Crippen LogP contribution in [0.5, 0.6) is 0 Å². The lowest BCUT2D eigenvalue weighted by atomic mass is 10.2. The van der Waals surface area contributed by atoms with Crippen LogP contribution >= 0.6 is 0 Å². The van der Waals surface area contributed by atoms with Crippen LogP contribution in [0, 0.1) is 13.8 Å². The van der Waals surface area contributed by atoms with Crippen LogP contribution in [0.4, 0.5) is 16.2 Å². The van der Waals surface area contributed by atoms with E-state index >= 15 is 0 Å². The summed E-state index contributed by atoms with van der Waals surface area (Å²) in [4.78, 5) is 18.0. The van der Waals surface area contributed by atoms with Gasteiger partial charge < -0.3 is 19.9 Å². The number of amides is 2. The van der Waals surface area contributed by atoms with E-state index in [9.17, 15) is 4.79 Å². The second-order valence-electron chi connectivity index (χ2n) is 6.41. The first kappa shape index (κ1) is 16.8. The molecule has 0 saturated carbocycles. The first-order valence-corrected chi connectivity index (χ1v) is 8.19. The first-order valence-electron chi connectivity index (χ1n) is 8.19. The molecule has 3 aromatic rings. The third-order valence-electron chi connectivity index (χ3n) is 4.01. The van der Waals surface area contributed by atoms with Crippen LogP contribution in [0.2, 0.25) is 0 Å². The van der Waals surface area contributed by atoms with Gasteiger partial charge in [-0.2, -0.15) is 0 Å². The molecule has 6 nitrogen and oxygen atoms in total. The number of aromatic nitrogens is 2. The highest BCUT2D eigenvalue weighted by molar-refractivity contribution is 5.90. The maximum Gasteiger partial charge on any atom is 0.321 e. The summed E-state index contributed by atoms with van der Waals surface area (Å²) in [6, 6.07) is 9.85. The minimum atomic E-state index is -0.143. The van der Waals surface area contributed by atoms with Gasteiger partial charge in [0.05, 0.1) is 12.2 Å². The maximum atomic E-state index is 11.9. The molecule has 2 amide bonds. The number of imidazole rings is 1. The van der Waals surface area contributed by atoms with E-state index in [1.54, 1.807) is 14.1 Å². The van der Waals surface area contributed by atoms with Crippen LogP contribution < -0.4 is 10.6 Å². The summed E-state index contributed by atoms with van der Waals surface area (Å²) in [6.45, 7) is 4.65. The monoisotopic (exact) mass is 337 g/mol. The number of carbonyl (C=O) groups is 1. The Kier molecular flexibility index (Phi) is 4.61. The van der Waals surface area contributed by atoms with Gasteiger partial charge in [-0.1, -0.05) is 12.1 Å². The molecule has 130 valence electrons. The van der Waals surface area contributed by atoms with Gasteiger partial charge in [0.25, 0.3) is 0 Å². The van der Waals surface area contributed by atoms with Crippen molar-refractivity contribution in [3.8, 4) is 0 Å². The lowest BCUT2D eigenvalue weighted by Gasteiger charge is -2.15. The molecule has 0 aliphatic rings. The highest BCUT2D eigenvalue weighted by atomic mass is 16.2. The number of benzene rings is 1. The molecule has 0 spiro atoms. The van der Waals surface area contributed by atoms with Crippen molar-refractivity contribution in [3.05, 3.63) is 59.5 Å². The fourth-order valence-electron chi connectivity index (χ4n) is 2.53. The van der Waals surface area contributed by atoms with Gasteiger partial charge in [0.2, 0.25) is 0 Å². The Morgan fingerprint density at radius 3 is 2.72 bits per heavy atom. The standard InChI is InChI=1S/C19H23N5O/c1-13-5-8-18-21-16(12-24(18)11-13)10-20-15-7-6-14(2)17(9-15)22-19(25)23(3)4/h5-9,11-12,20H,10H2,1-4H3,(H,22,25). The Balaban J connectivity index is 1.72. The molecule has 0 saturated heterocycles. The predicted molar refractivity (Wildman–Crippen MR) is 101 cm³/mol. The maximum absolute atomic E-state index is 11.9. The van der Waals surface area contributed by atoms with E-state index in [0.29, 0.717) is 6.54 Å². The molecule has 2 N–H and O–H groups in total. The summed E-state index contributed by atoms with van der Waals surface area (Å²) in [7, 11) is 3.44. The van der Waals surface area contributed by atoms with E-state index in [1.807, 2.05) is 41.8 Å². The molecule has 0 radical (unpaired) electrons. The number of anilines is 2. The number of carbonyl (C=O) groups excluding carboxylic acids is 1. The SMILES string of the molecule is Cc1ccc2nc(CNc3ccc(C)c(NC(=O)N(C)C)c3)cn2c1. The highest BCUT2D eigenvalue weighted by Crippen LogP contribution is 2.21. The van der Waals surface area contributed by atoms with Crippen molar-refractivity contribution in [2.24, 2.45) is 0 Å². The molecule has 0 fully saturated rings. The smallest absolute Gasteiger partial charge is 0.321 e. The van der Waals surface area contributed by atoms with Gasteiger partial charge >= 0.3 is 6.03 Å². The number of pyridine rings is 1. The molecule has 3 rings (SSSR count). The average molecular weight is 337 g/mol. The van der Waals surface area contributed by atoms with Gasteiger partial charge in [0.15, 0.2) is 0 Å². The second kappa shape index (κ2) is 6.84. The van der Waals surface area contributed by atoms with Crippen molar-refractivity contribution >= 4 is 23.1 Å². The average Bonchev–Trinajstić information content (AvgIpc) is 2.97. The minimum absolute atomic E-state index is 0.143. The van der Waals surface area contributed by atoms with Gasteiger partial charge in [0, 0.05) is 37.9 Å². The number of hydrogen-bond acceptors (Lipinski definition) is 3. The quantitative estimate of drug-likeness (QED) is 0.764. The highest BCUT2D eigenvalue weighted by Gasteiger charge is 2.08. The molecule has 0 aliphatic heterocycles. The number of nitrogens with one attached hydrogen (secondary N) is 2.